The molecule has 0 amide bonds. The topological polar surface area (TPSA) is 138 Å². The Balaban J connectivity index is 2.82. The van der Waals surface area contributed by atoms with Crippen LogP contribution in [0.5, 0.6) is 6.01 Å². The summed E-state index contributed by atoms with van der Waals surface area (Å²) in [6.45, 7) is 1.92. The quantitative estimate of drug-likeness (QED) is 0.284. The van der Waals surface area contributed by atoms with Crippen LogP contribution in [0.4, 0.5) is 11.9 Å². The molecule has 1 aromatic rings. The van der Waals surface area contributed by atoms with E-state index in [0.29, 0.717) is 6.61 Å². The van der Waals surface area contributed by atoms with Crippen LogP contribution in [0.1, 0.15) is 13.3 Å². The molecule has 9 heteroatoms. The highest BCUT2D eigenvalue weighted by Gasteiger charge is 2.11. The highest BCUT2D eigenvalue weighted by atomic mass is 16.5. The van der Waals surface area contributed by atoms with Gasteiger partial charge in [-0.05, 0) is 6.42 Å². The second-order valence-electron chi connectivity index (χ2n) is 3.46. The number of aliphatic hydroxyl groups is 2. The Morgan fingerprint density at radius 3 is 2.44 bits per heavy atom. The van der Waals surface area contributed by atoms with Gasteiger partial charge in [0.1, 0.15) is 0 Å². The van der Waals surface area contributed by atoms with Crippen molar-refractivity contribution in [3.05, 3.63) is 0 Å². The fourth-order valence-electron chi connectivity index (χ4n) is 1.08. The molecule has 0 atom stereocenters. The first-order valence-corrected chi connectivity index (χ1v) is 5.57. The molecule has 0 aromatic carbocycles. The minimum Gasteiger partial charge on any atom is -0.463 e. The second-order valence-corrected chi connectivity index (χ2v) is 3.46. The van der Waals surface area contributed by atoms with E-state index in [1.165, 1.54) is 0 Å². The Labute approximate surface area is 104 Å². The third kappa shape index (κ3) is 4.28. The second kappa shape index (κ2) is 7.58. The van der Waals surface area contributed by atoms with E-state index in [0.717, 1.165) is 6.42 Å². The molecule has 18 heavy (non-hydrogen) atoms. The minimum atomic E-state index is -0.558. The monoisotopic (exact) mass is 258 g/mol. The van der Waals surface area contributed by atoms with Crippen LogP contribution in [-0.4, -0.2) is 51.0 Å². The van der Waals surface area contributed by atoms with E-state index in [2.05, 4.69) is 25.7 Å². The predicted octanol–water partition coefficient (Wildman–Crippen LogP) is -1.29. The number of hydrogen-bond acceptors (Lipinski definition) is 9. The van der Waals surface area contributed by atoms with E-state index in [1.807, 2.05) is 6.92 Å². The number of rotatable bonds is 8. The summed E-state index contributed by atoms with van der Waals surface area (Å²) in [5, 5.41) is 20.7. The maximum absolute atomic E-state index is 8.96. The number of nitrogen functional groups attached to an aromatic ring is 1. The van der Waals surface area contributed by atoms with Crippen molar-refractivity contribution in [3.8, 4) is 6.01 Å². The molecule has 1 aromatic heterocycles. The molecule has 0 fully saturated rings. The maximum atomic E-state index is 8.96. The first-order valence-electron chi connectivity index (χ1n) is 5.57. The lowest BCUT2D eigenvalue weighted by atomic mass is 10.3. The largest absolute Gasteiger partial charge is 0.463 e. The van der Waals surface area contributed by atoms with E-state index in [4.69, 9.17) is 20.8 Å². The highest BCUT2D eigenvalue weighted by molar-refractivity contribution is 5.35. The highest BCUT2D eigenvalue weighted by Crippen LogP contribution is 2.11. The molecule has 0 saturated heterocycles. The van der Waals surface area contributed by atoms with Gasteiger partial charge in [-0.25, -0.2) is 5.84 Å². The van der Waals surface area contributed by atoms with Gasteiger partial charge in [0, 0.05) is 0 Å². The van der Waals surface area contributed by atoms with Crippen LogP contribution >= 0.6 is 0 Å². The summed E-state index contributed by atoms with van der Waals surface area (Å²) >= 11 is 0. The first-order chi connectivity index (χ1) is 8.73. The van der Waals surface area contributed by atoms with Crippen LogP contribution in [0, 0.1) is 0 Å². The van der Waals surface area contributed by atoms with E-state index in [-0.39, 0.29) is 31.1 Å². The van der Waals surface area contributed by atoms with Crippen LogP contribution in [0.2, 0.25) is 0 Å². The Morgan fingerprint density at radius 2 is 1.89 bits per heavy atom. The minimum absolute atomic E-state index is 0.122. The lowest BCUT2D eigenvalue weighted by Gasteiger charge is -2.14. The van der Waals surface area contributed by atoms with Crippen molar-refractivity contribution in [2.45, 2.75) is 19.4 Å². The molecule has 102 valence electrons. The maximum Gasteiger partial charge on any atom is 0.323 e. The Morgan fingerprint density at radius 1 is 1.22 bits per heavy atom. The number of ether oxygens (including phenoxy) is 1. The Hall–Kier alpha value is -1.71. The molecule has 0 aliphatic heterocycles. The molecular formula is C9H18N6O3. The van der Waals surface area contributed by atoms with E-state index >= 15 is 0 Å². The van der Waals surface area contributed by atoms with Gasteiger partial charge in [0.25, 0.3) is 0 Å². The number of aromatic nitrogens is 3. The van der Waals surface area contributed by atoms with Gasteiger partial charge < -0.3 is 20.3 Å². The summed E-state index contributed by atoms with van der Waals surface area (Å²) in [7, 11) is 0. The SMILES string of the molecule is CCCOc1nc(NN)nc(NC(CO)CO)n1. The number of anilines is 2. The number of aliphatic hydroxyl groups excluding tert-OH is 2. The molecule has 0 bridgehead atoms. The number of nitrogens with zero attached hydrogens (tertiary/aromatic N) is 3. The lowest BCUT2D eigenvalue weighted by Crippen LogP contribution is -2.29. The Bertz CT molecular complexity index is 360. The van der Waals surface area contributed by atoms with Crippen molar-refractivity contribution in [1.29, 1.82) is 0 Å². The predicted molar refractivity (Wildman–Crippen MR) is 65.0 cm³/mol. The van der Waals surface area contributed by atoms with Gasteiger partial charge in [-0.15, -0.1) is 0 Å². The van der Waals surface area contributed by atoms with Gasteiger partial charge in [0.05, 0.1) is 25.9 Å². The zero-order valence-corrected chi connectivity index (χ0v) is 10.1. The van der Waals surface area contributed by atoms with Crippen molar-refractivity contribution < 1.29 is 14.9 Å². The summed E-state index contributed by atoms with van der Waals surface area (Å²) in [5.41, 5.74) is 2.29. The number of hydrogen-bond donors (Lipinski definition) is 5. The van der Waals surface area contributed by atoms with E-state index in [9.17, 15) is 0 Å². The number of nitrogens with one attached hydrogen (secondary N) is 2. The molecule has 9 nitrogen and oxygen atoms in total. The molecule has 0 aliphatic carbocycles. The van der Waals surface area contributed by atoms with Crippen LogP contribution < -0.4 is 21.3 Å². The van der Waals surface area contributed by atoms with Crippen LogP contribution in [0.25, 0.3) is 0 Å². The van der Waals surface area contributed by atoms with Crippen molar-refractivity contribution in [3.63, 3.8) is 0 Å². The van der Waals surface area contributed by atoms with Crippen molar-refractivity contribution in [1.82, 2.24) is 15.0 Å². The zero-order valence-electron chi connectivity index (χ0n) is 10.1. The molecule has 1 rings (SSSR count). The van der Waals surface area contributed by atoms with Crippen molar-refractivity contribution in [2.24, 2.45) is 5.84 Å². The smallest absolute Gasteiger partial charge is 0.323 e. The van der Waals surface area contributed by atoms with Crippen LogP contribution in [0.15, 0.2) is 0 Å². The molecule has 0 saturated carbocycles. The molecule has 0 aliphatic rings. The molecule has 0 radical (unpaired) electrons. The van der Waals surface area contributed by atoms with Gasteiger partial charge >= 0.3 is 6.01 Å². The van der Waals surface area contributed by atoms with Gasteiger partial charge in [-0.2, -0.15) is 15.0 Å². The third-order valence-electron chi connectivity index (χ3n) is 1.95. The molecule has 0 spiro atoms. The molecule has 1 heterocycles. The van der Waals surface area contributed by atoms with Crippen LogP contribution in [0.3, 0.4) is 0 Å². The lowest BCUT2D eigenvalue weighted by molar-refractivity contribution is 0.203. The first kappa shape index (κ1) is 14.4. The van der Waals surface area contributed by atoms with Crippen molar-refractivity contribution >= 4 is 11.9 Å². The van der Waals surface area contributed by atoms with Gasteiger partial charge in [-0.1, -0.05) is 6.92 Å². The summed E-state index contributed by atoms with van der Waals surface area (Å²) < 4.78 is 5.26. The zero-order chi connectivity index (χ0) is 13.4. The summed E-state index contributed by atoms with van der Waals surface area (Å²) in [5.74, 6) is 5.52. The molecular weight excluding hydrogens is 240 g/mol. The van der Waals surface area contributed by atoms with Gasteiger partial charge in [-0.3, -0.25) is 5.43 Å². The van der Waals surface area contributed by atoms with Crippen LogP contribution in [-0.2, 0) is 0 Å². The molecule has 0 unspecified atom stereocenters. The summed E-state index contributed by atoms with van der Waals surface area (Å²) in [6.07, 6.45) is 0.815. The molecule has 6 N–H and O–H groups in total. The number of nitrogens with two attached hydrogens (primary N) is 1. The fourth-order valence-corrected chi connectivity index (χ4v) is 1.08. The van der Waals surface area contributed by atoms with E-state index in [1.54, 1.807) is 0 Å². The normalized spacial score (nSPS) is 10.5. The van der Waals surface area contributed by atoms with E-state index < -0.39 is 6.04 Å². The van der Waals surface area contributed by atoms with Gasteiger partial charge in [0.2, 0.25) is 11.9 Å². The van der Waals surface area contributed by atoms with Gasteiger partial charge in [0.15, 0.2) is 0 Å². The number of hydrazine groups is 1. The summed E-state index contributed by atoms with van der Waals surface area (Å²) in [6, 6.07) is -0.436. The standard InChI is InChI=1S/C9H18N6O3/c1-2-3-18-9-13-7(11-6(4-16)5-17)12-8(14-9)15-10/h6,16-17H,2-5,10H2,1H3,(H2,11,12,13,14,15). The third-order valence-corrected chi connectivity index (χ3v) is 1.95. The summed E-state index contributed by atoms with van der Waals surface area (Å²) in [4.78, 5) is 11.8. The van der Waals surface area contributed by atoms with Crippen molar-refractivity contribution in [2.75, 3.05) is 30.6 Å². The fraction of sp³-hybridized carbons (Fsp3) is 0.667. The average molecular weight is 258 g/mol. The average Bonchev–Trinajstić information content (AvgIpc) is 2.42. The Kier molecular flexibility index (Phi) is 6.05.